The maximum Gasteiger partial charge on any atom is 0.326 e. The molecule has 0 saturated carbocycles. The molecule has 0 fully saturated rings. The second kappa shape index (κ2) is 14.8. The van der Waals surface area contributed by atoms with Crippen molar-refractivity contribution >= 4 is 35.6 Å². The summed E-state index contributed by atoms with van der Waals surface area (Å²) in [4.78, 5) is 70.3. The van der Waals surface area contributed by atoms with Crippen molar-refractivity contribution < 1.29 is 34.2 Å². The van der Waals surface area contributed by atoms with E-state index in [4.69, 9.17) is 22.3 Å². The summed E-state index contributed by atoms with van der Waals surface area (Å²) in [6.07, 6.45) is 2.25. The van der Waals surface area contributed by atoms with Gasteiger partial charge in [-0.15, -0.1) is 0 Å². The molecule has 3 unspecified atom stereocenters. The number of aromatic nitrogens is 2. The molecular weight excluding hydrogens is 466 g/mol. The Morgan fingerprint density at radius 3 is 2.20 bits per heavy atom. The number of hydrogen-bond donors (Lipinski definition) is 9. The number of carboxylic acid groups (broad SMARTS) is 2. The first kappa shape index (κ1) is 28.8. The highest BCUT2D eigenvalue weighted by Gasteiger charge is 2.29. The van der Waals surface area contributed by atoms with Crippen molar-refractivity contribution in [3.05, 3.63) is 18.2 Å². The zero-order valence-electron chi connectivity index (χ0n) is 18.9. The topological polar surface area (TPSA) is 281 Å². The number of aromatic amines is 1. The Kier molecular flexibility index (Phi) is 12.2. The zero-order chi connectivity index (χ0) is 26.4. The average Bonchev–Trinajstić information content (AvgIpc) is 3.30. The van der Waals surface area contributed by atoms with Gasteiger partial charge < -0.3 is 48.3 Å². The van der Waals surface area contributed by atoms with Crippen molar-refractivity contribution in [1.82, 2.24) is 25.9 Å². The molecule has 1 aromatic heterocycles. The smallest absolute Gasteiger partial charge is 0.326 e. The summed E-state index contributed by atoms with van der Waals surface area (Å²) in [7, 11) is 0. The van der Waals surface area contributed by atoms with Crippen molar-refractivity contribution in [3.8, 4) is 0 Å². The summed E-state index contributed by atoms with van der Waals surface area (Å²) in [5.41, 5.74) is 16.4. The van der Waals surface area contributed by atoms with E-state index in [1.807, 2.05) is 0 Å². The number of H-pyrrole nitrogens is 1. The van der Waals surface area contributed by atoms with E-state index in [1.165, 1.54) is 12.5 Å². The molecule has 194 valence electrons. The highest BCUT2D eigenvalue weighted by molar-refractivity contribution is 5.93. The number of rotatable bonds is 16. The number of hydrogen-bond acceptors (Lipinski definition) is 8. The minimum absolute atomic E-state index is 0.0102. The minimum atomic E-state index is -1.49. The molecule has 0 aromatic carbocycles. The Bertz CT molecular complexity index is 900. The molecule has 0 spiro atoms. The van der Waals surface area contributed by atoms with Crippen LogP contribution in [0.5, 0.6) is 0 Å². The van der Waals surface area contributed by atoms with Crippen LogP contribution in [0.2, 0.25) is 0 Å². The maximum absolute atomic E-state index is 13.0. The number of nitrogens with one attached hydrogen (secondary N) is 4. The van der Waals surface area contributed by atoms with Crippen molar-refractivity contribution in [2.24, 2.45) is 22.2 Å². The van der Waals surface area contributed by atoms with E-state index in [9.17, 15) is 29.1 Å². The number of nitrogens with two attached hydrogens (primary N) is 3. The lowest BCUT2D eigenvalue weighted by atomic mass is 10.1. The molecule has 0 radical (unpaired) electrons. The summed E-state index contributed by atoms with van der Waals surface area (Å²) in [6, 6.07) is -3.85. The first-order valence-corrected chi connectivity index (χ1v) is 10.6. The van der Waals surface area contributed by atoms with Gasteiger partial charge in [0.2, 0.25) is 17.7 Å². The summed E-state index contributed by atoms with van der Waals surface area (Å²) in [5, 5.41) is 25.3. The van der Waals surface area contributed by atoms with Gasteiger partial charge >= 0.3 is 11.9 Å². The number of carboxylic acids is 2. The maximum atomic E-state index is 13.0. The minimum Gasteiger partial charge on any atom is -0.481 e. The number of aliphatic imine (C=N–C) groups is 1. The van der Waals surface area contributed by atoms with Gasteiger partial charge in [0, 0.05) is 31.3 Å². The molecule has 12 N–H and O–H groups in total. The van der Waals surface area contributed by atoms with Gasteiger partial charge in [0.05, 0.1) is 12.9 Å². The predicted octanol–water partition coefficient (Wildman–Crippen LogP) is -3.63. The molecular formula is C19H31N9O7. The number of guanidine groups is 1. The largest absolute Gasteiger partial charge is 0.481 e. The third-order valence-electron chi connectivity index (χ3n) is 4.66. The molecule has 0 saturated heterocycles. The van der Waals surface area contributed by atoms with Crippen LogP contribution in [0, 0.1) is 0 Å². The van der Waals surface area contributed by atoms with Gasteiger partial charge in [0.25, 0.3) is 0 Å². The fourth-order valence-electron chi connectivity index (χ4n) is 2.92. The zero-order valence-corrected chi connectivity index (χ0v) is 18.9. The summed E-state index contributed by atoms with van der Waals surface area (Å²) >= 11 is 0. The van der Waals surface area contributed by atoms with Crippen molar-refractivity contribution in [3.63, 3.8) is 0 Å². The third kappa shape index (κ3) is 11.5. The molecule has 0 aliphatic heterocycles. The lowest BCUT2D eigenvalue weighted by Crippen LogP contribution is -2.56. The van der Waals surface area contributed by atoms with E-state index in [1.54, 1.807) is 0 Å². The van der Waals surface area contributed by atoms with Crippen LogP contribution in [0.3, 0.4) is 0 Å². The predicted molar refractivity (Wildman–Crippen MR) is 122 cm³/mol. The molecule has 3 amide bonds. The normalized spacial score (nSPS) is 13.1. The third-order valence-corrected chi connectivity index (χ3v) is 4.66. The highest BCUT2D eigenvalue weighted by Crippen LogP contribution is 2.05. The fraction of sp³-hybridized carbons (Fsp3) is 0.526. The quantitative estimate of drug-likeness (QED) is 0.0610. The first-order valence-electron chi connectivity index (χ1n) is 10.6. The Labute approximate surface area is 200 Å². The number of aliphatic carboxylic acids is 2. The van der Waals surface area contributed by atoms with Crippen molar-refractivity contribution in [1.29, 1.82) is 0 Å². The second-order valence-electron chi connectivity index (χ2n) is 7.45. The van der Waals surface area contributed by atoms with Crippen molar-refractivity contribution in [2.75, 3.05) is 13.1 Å². The molecule has 1 rings (SSSR count). The molecule has 0 aliphatic carbocycles. The number of amides is 3. The summed E-state index contributed by atoms with van der Waals surface area (Å²) < 4.78 is 0. The summed E-state index contributed by atoms with van der Waals surface area (Å²) in [5.74, 6) is -5.04. The van der Waals surface area contributed by atoms with Crippen LogP contribution >= 0.6 is 0 Å². The molecule has 16 nitrogen and oxygen atoms in total. The van der Waals surface area contributed by atoms with Crippen LogP contribution < -0.4 is 33.2 Å². The molecule has 3 atom stereocenters. The second-order valence-corrected chi connectivity index (χ2v) is 7.45. The van der Waals surface area contributed by atoms with Gasteiger partial charge in [0.1, 0.15) is 18.1 Å². The van der Waals surface area contributed by atoms with E-state index in [0.29, 0.717) is 5.69 Å². The highest BCUT2D eigenvalue weighted by atomic mass is 16.4. The van der Waals surface area contributed by atoms with Crippen LogP contribution in [0.4, 0.5) is 0 Å². The SMILES string of the molecule is NCC(=O)NC(Cc1cnc[nH]1)C(=O)NC(CCCN=C(N)N)C(=O)NC(CCC(=O)O)C(=O)O. The summed E-state index contributed by atoms with van der Waals surface area (Å²) in [6.45, 7) is -0.246. The first-order chi connectivity index (χ1) is 16.5. The number of carbonyl (C=O) groups is 5. The van der Waals surface area contributed by atoms with Crippen LogP contribution in [-0.4, -0.2) is 87.0 Å². The Morgan fingerprint density at radius 2 is 1.66 bits per heavy atom. The molecule has 1 heterocycles. The van der Waals surface area contributed by atoms with E-state index < -0.39 is 54.2 Å². The Hall–Kier alpha value is -4.21. The van der Waals surface area contributed by atoms with Gasteiger partial charge in [-0.3, -0.25) is 24.2 Å². The van der Waals surface area contributed by atoms with E-state index in [-0.39, 0.29) is 44.7 Å². The number of imidazole rings is 1. The average molecular weight is 498 g/mol. The lowest BCUT2D eigenvalue weighted by molar-refractivity contribution is -0.143. The fourth-order valence-corrected chi connectivity index (χ4v) is 2.92. The number of carbonyl (C=O) groups excluding carboxylic acids is 3. The molecule has 1 aromatic rings. The van der Waals surface area contributed by atoms with Gasteiger partial charge in [-0.05, 0) is 19.3 Å². The Morgan fingerprint density at radius 1 is 1.00 bits per heavy atom. The molecule has 0 bridgehead atoms. The molecule has 35 heavy (non-hydrogen) atoms. The van der Waals surface area contributed by atoms with Crippen LogP contribution in [-0.2, 0) is 30.4 Å². The van der Waals surface area contributed by atoms with Crippen molar-refractivity contribution in [2.45, 2.75) is 50.2 Å². The van der Waals surface area contributed by atoms with Crippen LogP contribution in [0.25, 0.3) is 0 Å². The van der Waals surface area contributed by atoms with E-state index >= 15 is 0 Å². The van der Waals surface area contributed by atoms with Crippen LogP contribution in [0.15, 0.2) is 17.5 Å². The van der Waals surface area contributed by atoms with Gasteiger partial charge in [0.15, 0.2) is 5.96 Å². The lowest BCUT2D eigenvalue weighted by Gasteiger charge is -2.24. The molecule has 0 aliphatic rings. The van der Waals surface area contributed by atoms with E-state index in [2.05, 4.69) is 30.9 Å². The molecule has 16 heteroatoms. The van der Waals surface area contributed by atoms with Gasteiger partial charge in [-0.25, -0.2) is 9.78 Å². The van der Waals surface area contributed by atoms with Crippen LogP contribution in [0.1, 0.15) is 31.4 Å². The standard InChI is InChI=1S/C19H31N9O7/c20-7-14(29)26-13(6-10-8-23-9-25-10)17(33)27-11(2-1-5-24-19(21)22)16(32)28-12(18(34)35)3-4-15(30)31/h8-9,11-13H,1-7,20H2,(H,23,25)(H,26,29)(H,27,33)(H,28,32)(H,30,31)(H,34,35)(H4,21,22,24). The van der Waals surface area contributed by atoms with Gasteiger partial charge in [-0.2, -0.15) is 0 Å². The van der Waals surface area contributed by atoms with E-state index in [0.717, 1.165) is 0 Å². The number of nitrogens with zero attached hydrogens (tertiary/aromatic N) is 2. The van der Waals surface area contributed by atoms with Gasteiger partial charge in [-0.1, -0.05) is 0 Å². The monoisotopic (exact) mass is 497 g/mol. The Balaban J connectivity index is 3.01.